The molecule has 1 aliphatic heterocycles. The number of aromatic nitrogens is 1. The minimum atomic E-state index is -3.99. The van der Waals surface area contributed by atoms with Gasteiger partial charge in [0.1, 0.15) is 13.2 Å². The second-order valence-electron chi connectivity index (χ2n) is 7.49. The summed E-state index contributed by atoms with van der Waals surface area (Å²) in [7, 11) is -3.99. The number of hydrogen-bond acceptors (Lipinski definition) is 7. The molecule has 0 atom stereocenters. The molecule has 8 heteroatoms. The van der Waals surface area contributed by atoms with E-state index in [9.17, 15) is 8.42 Å². The van der Waals surface area contributed by atoms with E-state index in [-0.39, 0.29) is 21.7 Å². The molecule has 0 fully saturated rings. The Morgan fingerprint density at radius 3 is 2.30 bits per heavy atom. The van der Waals surface area contributed by atoms with Crippen LogP contribution in [0.15, 0.2) is 93.2 Å². The Hall–Kier alpha value is -3.78. The van der Waals surface area contributed by atoms with Crippen LogP contribution in [0.1, 0.15) is 5.56 Å². The summed E-state index contributed by atoms with van der Waals surface area (Å²) in [6.45, 7) is 1.28. The highest BCUT2D eigenvalue weighted by Gasteiger charge is 2.30. The number of fused-ring (bicyclic) bond motifs is 1. The number of sulfone groups is 1. The second-order valence-corrected chi connectivity index (χ2v) is 9.36. The molecule has 7 nitrogen and oxygen atoms in total. The van der Waals surface area contributed by atoms with E-state index in [1.165, 1.54) is 12.1 Å². The third-order valence-electron chi connectivity index (χ3n) is 5.24. The molecular formula is C25H22N2O5S. The van der Waals surface area contributed by atoms with E-state index in [1.807, 2.05) is 60.7 Å². The Bertz CT molecular complexity index is 1350. The van der Waals surface area contributed by atoms with Crippen LogP contribution < -0.4 is 14.8 Å². The van der Waals surface area contributed by atoms with E-state index in [2.05, 4.69) is 10.3 Å². The Balaban J connectivity index is 1.49. The number of ether oxygens (including phenoxy) is 2. The van der Waals surface area contributed by atoms with Crippen LogP contribution in [0.2, 0.25) is 0 Å². The van der Waals surface area contributed by atoms with Crippen LogP contribution in [0.25, 0.3) is 11.5 Å². The van der Waals surface area contributed by atoms with Crippen LogP contribution >= 0.6 is 0 Å². The molecule has 3 aromatic carbocycles. The molecule has 33 heavy (non-hydrogen) atoms. The van der Waals surface area contributed by atoms with Gasteiger partial charge in [-0.1, -0.05) is 48.5 Å². The Morgan fingerprint density at radius 2 is 1.55 bits per heavy atom. The first-order valence-electron chi connectivity index (χ1n) is 10.6. The maximum Gasteiger partial charge on any atom is 0.233 e. The summed E-state index contributed by atoms with van der Waals surface area (Å²) < 4.78 is 44.1. The number of benzene rings is 3. The number of nitrogens with one attached hydrogen (secondary N) is 1. The molecule has 0 saturated heterocycles. The molecule has 1 aliphatic rings. The molecule has 0 aliphatic carbocycles. The molecule has 1 aromatic heterocycles. The molecule has 0 spiro atoms. The van der Waals surface area contributed by atoms with Gasteiger partial charge in [0, 0.05) is 18.2 Å². The smallest absolute Gasteiger partial charge is 0.233 e. The van der Waals surface area contributed by atoms with Gasteiger partial charge in [0.2, 0.25) is 26.6 Å². The number of oxazole rings is 1. The van der Waals surface area contributed by atoms with E-state index < -0.39 is 9.84 Å². The first kappa shape index (κ1) is 21.1. The third kappa shape index (κ3) is 4.42. The van der Waals surface area contributed by atoms with Crippen LogP contribution in [0.3, 0.4) is 0 Å². The van der Waals surface area contributed by atoms with Gasteiger partial charge in [-0.3, -0.25) is 0 Å². The molecule has 5 rings (SSSR count). The molecule has 0 amide bonds. The molecule has 4 aromatic rings. The van der Waals surface area contributed by atoms with Crippen molar-refractivity contribution >= 4 is 15.7 Å². The number of anilines is 1. The van der Waals surface area contributed by atoms with Crippen LogP contribution in [0, 0.1) is 0 Å². The fraction of sp³-hybridized carbons (Fsp3) is 0.160. The summed E-state index contributed by atoms with van der Waals surface area (Å²) >= 11 is 0. The van der Waals surface area contributed by atoms with Crippen molar-refractivity contribution in [1.29, 1.82) is 0 Å². The molecular weight excluding hydrogens is 440 g/mol. The molecule has 0 saturated carbocycles. The van der Waals surface area contributed by atoms with Gasteiger partial charge < -0.3 is 19.2 Å². The number of hydrogen-bond donors (Lipinski definition) is 1. The van der Waals surface area contributed by atoms with Gasteiger partial charge in [0.05, 0.1) is 4.90 Å². The third-order valence-corrected chi connectivity index (χ3v) is 6.90. The molecule has 0 bridgehead atoms. The first-order chi connectivity index (χ1) is 16.1. The van der Waals surface area contributed by atoms with Crippen molar-refractivity contribution < 1.29 is 22.3 Å². The van der Waals surface area contributed by atoms with Crippen LogP contribution in [0.5, 0.6) is 11.5 Å². The normalized spacial score (nSPS) is 13.0. The van der Waals surface area contributed by atoms with Crippen molar-refractivity contribution in [2.24, 2.45) is 0 Å². The van der Waals surface area contributed by atoms with Crippen LogP contribution in [-0.4, -0.2) is 33.2 Å². The van der Waals surface area contributed by atoms with Gasteiger partial charge in [-0.05, 0) is 36.2 Å². The monoisotopic (exact) mass is 462 g/mol. The minimum absolute atomic E-state index is 0.0609. The van der Waals surface area contributed by atoms with Gasteiger partial charge >= 0.3 is 0 Å². The van der Waals surface area contributed by atoms with E-state index in [0.717, 1.165) is 5.56 Å². The standard InChI is InChI=1S/C25H22N2O5S/c28-33(29,20-11-12-21-22(17-20)31-16-15-30-21)25-24(26-14-13-18-7-3-1-4-8-18)32-23(27-25)19-9-5-2-6-10-19/h1-12,17,26H,13-16H2. The average Bonchev–Trinajstić information content (AvgIpc) is 3.30. The Morgan fingerprint density at radius 1 is 0.848 bits per heavy atom. The lowest BCUT2D eigenvalue weighted by atomic mass is 10.1. The van der Waals surface area contributed by atoms with E-state index in [0.29, 0.717) is 43.2 Å². The summed E-state index contributed by atoms with van der Waals surface area (Å²) in [6.07, 6.45) is 0.700. The first-order valence-corrected chi connectivity index (χ1v) is 12.1. The van der Waals surface area contributed by atoms with Gasteiger partial charge in [-0.2, -0.15) is 4.98 Å². The Labute approximate surface area is 191 Å². The van der Waals surface area contributed by atoms with E-state index in [1.54, 1.807) is 6.07 Å². The zero-order valence-electron chi connectivity index (χ0n) is 17.7. The molecule has 168 valence electrons. The molecule has 0 unspecified atom stereocenters. The van der Waals surface area contributed by atoms with Crippen LogP contribution in [-0.2, 0) is 16.3 Å². The maximum atomic E-state index is 13.6. The molecule has 1 N–H and O–H groups in total. The highest BCUT2D eigenvalue weighted by molar-refractivity contribution is 7.91. The van der Waals surface area contributed by atoms with Crippen molar-refractivity contribution in [3.63, 3.8) is 0 Å². The van der Waals surface area contributed by atoms with E-state index >= 15 is 0 Å². The highest BCUT2D eigenvalue weighted by Crippen LogP contribution is 2.37. The number of nitrogens with zero attached hydrogens (tertiary/aromatic N) is 1. The maximum absolute atomic E-state index is 13.6. The van der Waals surface area contributed by atoms with Crippen molar-refractivity contribution in [3.05, 3.63) is 84.4 Å². The van der Waals surface area contributed by atoms with Crippen molar-refractivity contribution in [2.45, 2.75) is 16.3 Å². The summed E-state index contributed by atoms with van der Waals surface area (Å²) in [5, 5.41) is 2.96. The minimum Gasteiger partial charge on any atom is -0.486 e. The lowest BCUT2D eigenvalue weighted by Gasteiger charge is -2.18. The highest BCUT2D eigenvalue weighted by atomic mass is 32.2. The molecule has 2 heterocycles. The lowest BCUT2D eigenvalue weighted by Crippen LogP contribution is -2.16. The average molecular weight is 463 g/mol. The van der Waals surface area contributed by atoms with E-state index in [4.69, 9.17) is 13.9 Å². The van der Waals surface area contributed by atoms with Crippen molar-refractivity contribution in [3.8, 4) is 23.0 Å². The fourth-order valence-corrected chi connectivity index (χ4v) is 4.87. The zero-order chi connectivity index (χ0) is 22.7. The van der Waals surface area contributed by atoms with Crippen molar-refractivity contribution in [1.82, 2.24) is 4.98 Å². The molecule has 0 radical (unpaired) electrons. The van der Waals surface area contributed by atoms with Gasteiger partial charge in [0.25, 0.3) is 0 Å². The zero-order valence-corrected chi connectivity index (χ0v) is 18.5. The summed E-state index contributed by atoms with van der Waals surface area (Å²) in [5.74, 6) is 1.26. The summed E-state index contributed by atoms with van der Waals surface area (Å²) in [4.78, 5) is 4.44. The lowest BCUT2D eigenvalue weighted by molar-refractivity contribution is 0.171. The van der Waals surface area contributed by atoms with Gasteiger partial charge in [-0.25, -0.2) is 8.42 Å². The summed E-state index contributed by atoms with van der Waals surface area (Å²) in [5.41, 5.74) is 1.82. The van der Waals surface area contributed by atoms with Crippen LogP contribution in [0.4, 0.5) is 5.88 Å². The predicted molar refractivity (Wildman–Crippen MR) is 123 cm³/mol. The topological polar surface area (TPSA) is 90.7 Å². The summed E-state index contributed by atoms with van der Waals surface area (Å²) in [6, 6.07) is 23.7. The quantitative estimate of drug-likeness (QED) is 0.429. The van der Waals surface area contributed by atoms with Gasteiger partial charge in [0.15, 0.2) is 11.5 Å². The van der Waals surface area contributed by atoms with Crippen molar-refractivity contribution in [2.75, 3.05) is 25.1 Å². The van der Waals surface area contributed by atoms with Gasteiger partial charge in [-0.15, -0.1) is 0 Å². The fourth-order valence-electron chi connectivity index (χ4n) is 3.57. The largest absolute Gasteiger partial charge is 0.486 e. The SMILES string of the molecule is O=S(=O)(c1ccc2c(c1)OCCO2)c1nc(-c2ccccc2)oc1NCCc1ccccc1. The second kappa shape index (κ2) is 8.99. The number of rotatable bonds is 7. The Kier molecular flexibility index (Phi) is 5.75. The predicted octanol–water partition coefficient (Wildman–Crippen LogP) is 4.60.